The summed E-state index contributed by atoms with van der Waals surface area (Å²) in [6.45, 7) is 3.38. The first kappa shape index (κ1) is 30.8. The van der Waals surface area contributed by atoms with E-state index in [0.29, 0.717) is 29.3 Å². The van der Waals surface area contributed by atoms with Gasteiger partial charge >= 0.3 is 0 Å². The number of methoxy groups -OCH3 is 2. The van der Waals surface area contributed by atoms with Crippen molar-refractivity contribution in [2.75, 3.05) is 31.6 Å². The van der Waals surface area contributed by atoms with Crippen LogP contribution in [0.15, 0.2) is 77.7 Å². The van der Waals surface area contributed by atoms with Crippen LogP contribution in [0.4, 0.5) is 5.69 Å². The Labute approximate surface area is 240 Å². The Hall–Kier alpha value is -3.76. The Bertz CT molecular complexity index is 1420. The molecule has 0 bridgehead atoms. The standard InChI is InChI=1S/C29H34ClN3O6S/c1-5-25(29(35)31-6-2)32(19-21-11-7-8-12-24(21)30)28(34)20-33(26-13-9-10-14-27(26)39-4)40(36,37)23-17-15-22(38-3)16-18-23/h7-18,25H,5-6,19-20H2,1-4H3,(H,31,35)/t25-/m1/s1. The number of hydrogen-bond acceptors (Lipinski definition) is 6. The molecular weight excluding hydrogens is 554 g/mol. The Balaban J connectivity index is 2.11. The molecule has 214 valence electrons. The van der Waals surface area contributed by atoms with Crippen molar-refractivity contribution in [2.24, 2.45) is 0 Å². The van der Waals surface area contributed by atoms with Crippen LogP contribution in [0.3, 0.4) is 0 Å². The second-order valence-electron chi connectivity index (χ2n) is 8.79. The number of amides is 2. The Kier molecular flexibility index (Phi) is 10.8. The Morgan fingerprint density at radius 2 is 1.57 bits per heavy atom. The van der Waals surface area contributed by atoms with Gasteiger partial charge in [0.05, 0.1) is 24.8 Å². The quantitative estimate of drug-likeness (QED) is 0.316. The average molecular weight is 588 g/mol. The van der Waals surface area contributed by atoms with Crippen LogP contribution in [0.5, 0.6) is 11.5 Å². The third-order valence-corrected chi connectivity index (χ3v) is 8.46. The fraction of sp³-hybridized carbons (Fsp3) is 0.310. The van der Waals surface area contributed by atoms with E-state index in [1.54, 1.807) is 62.4 Å². The highest BCUT2D eigenvalue weighted by Gasteiger charge is 2.34. The maximum Gasteiger partial charge on any atom is 0.264 e. The van der Waals surface area contributed by atoms with Gasteiger partial charge in [0.25, 0.3) is 10.0 Å². The molecule has 9 nitrogen and oxygen atoms in total. The highest BCUT2D eigenvalue weighted by molar-refractivity contribution is 7.92. The summed E-state index contributed by atoms with van der Waals surface area (Å²) in [7, 11) is -1.36. The van der Waals surface area contributed by atoms with Crippen molar-refractivity contribution < 1.29 is 27.5 Å². The SMILES string of the molecule is CCNC(=O)[C@@H](CC)N(Cc1ccccc1Cl)C(=O)CN(c1ccccc1OC)S(=O)(=O)c1ccc(OC)cc1. The van der Waals surface area contributed by atoms with Crippen molar-refractivity contribution >= 4 is 39.1 Å². The summed E-state index contributed by atoms with van der Waals surface area (Å²) in [5.41, 5.74) is 0.806. The van der Waals surface area contributed by atoms with E-state index in [9.17, 15) is 18.0 Å². The molecule has 0 aromatic heterocycles. The number of carbonyl (C=O) groups excluding carboxylic acids is 2. The lowest BCUT2D eigenvalue weighted by Crippen LogP contribution is -2.52. The van der Waals surface area contributed by atoms with E-state index in [2.05, 4.69) is 5.32 Å². The van der Waals surface area contributed by atoms with Gasteiger partial charge in [0.2, 0.25) is 11.8 Å². The van der Waals surface area contributed by atoms with Crippen molar-refractivity contribution in [2.45, 2.75) is 37.8 Å². The van der Waals surface area contributed by atoms with Crippen LogP contribution in [0.1, 0.15) is 25.8 Å². The van der Waals surface area contributed by atoms with Gasteiger partial charge in [-0.15, -0.1) is 0 Å². The number of hydrogen-bond donors (Lipinski definition) is 1. The number of ether oxygens (including phenoxy) is 2. The van der Waals surface area contributed by atoms with Gasteiger partial charge in [0.1, 0.15) is 24.1 Å². The van der Waals surface area contributed by atoms with Gasteiger partial charge in [-0.1, -0.05) is 48.9 Å². The van der Waals surface area contributed by atoms with Crippen molar-refractivity contribution in [3.05, 3.63) is 83.4 Å². The molecule has 0 aliphatic rings. The van der Waals surface area contributed by atoms with Gasteiger partial charge in [0.15, 0.2) is 0 Å². The summed E-state index contributed by atoms with van der Waals surface area (Å²) in [6, 6.07) is 18.6. The first-order valence-corrected chi connectivity index (χ1v) is 14.6. The molecule has 0 saturated carbocycles. The Morgan fingerprint density at radius 1 is 0.925 bits per heavy atom. The van der Waals surface area contributed by atoms with Gasteiger partial charge in [-0.05, 0) is 61.4 Å². The molecule has 11 heteroatoms. The predicted molar refractivity (Wildman–Crippen MR) is 155 cm³/mol. The molecule has 0 heterocycles. The number of benzene rings is 3. The smallest absolute Gasteiger partial charge is 0.264 e. The van der Waals surface area contributed by atoms with Crippen molar-refractivity contribution in [1.82, 2.24) is 10.2 Å². The summed E-state index contributed by atoms with van der Waals surface area (Å²) in [5.74, 6) is -0.174. The molecule has 0 radical (unpaired) electrons. The normalized spacial score (nSPS) is 11.8. The first-order valence-electron chi connectivity index (χ1n) is 12.8. The van der Waals surface area contributed by atoms with Gasteiger partial charge < -0.3 is 19.7 Å². The average Bonchev–Trinajstić information content (AvgIpc) is 2.96. The molecule has 3 aromatic carbocycles. The topological polar surface area (TPSA) is 105 Å². The monoisotopic (exact) mass is 587 g/mol. The second-order valence-corrected chi connectivity index (χ2v) is 11.1. The summed E-state index contributed by atoms with van der Waals surface area (Å²) in [6.07, 6.45) is 0.307. The molecule has 1 N–H and O–H groups in total. The number of nitrogens with zero attached hydrogens (tertiary/aromatic N) is 2. The molecule has 0 unspecified atom stereocenters. The number of nitrogens with one attached hydrogen (secondary N) is 1. The molecule has 40 heavy (non-hydrogen) atoms. The number of anilines is 1. The molecule has 0 aliphatic heterocycles. The van der Waals surface area contributed by atoms with Gasteiger partial charge in [-0.3, -0.25) is 13.9 Å². The molecule has 3 rings (SSSR count). The van der Waals surface area contributed by atoms with Crippen LogP contribution < -0.4 is 19.1 Å². The van der Waals surface area contributed by atoms with Gasteiger partial charge in [0, 0.05) is 18.1 Å². The molecule has 2 amide bonds. The largest absolute Gasteiger partial charge is 0.497 e. The lowest BCUT2D eigenvalue weighted by molar-refractivity contribution is -0.140. The zero-order chi connectivity index (χ0) is 29.3. The van der Waals surface area contributed by atoms with Crippen LogP contribution in [0.25, 0.3) is 0 Å². The molecule has 3 aromatic rings. The summed E-state index contributed by atoms with van der Waals surface area (Å²) < 4.78 is 39.6. The van der Waals surface area contributed by atoms with E-state index in [4.69, 9.17) is 21.1 Å². The van der Waals surface area contributed by atoms with Crippen LogP contribution in [0, 0.1) is 0 Å². The van der Waals surface area contributed by atoms with Crippen LogP contribution >= 0.6 is 11.6 Å². The minimum absolute atomic E-state index is 0.0104. The maximum atomic E-state index is 14.1. The number of sulfonamides is 1. The number of likely N-dealkylation sites (N-methyl/N-ethyl adjacent to an activating group) is 1. The van der Waals surface area contributed by atoms with Gasteiger partial charge in [-0.2, -0.15) is 0 Å². The molecule has 1 atom stereocenters. The van der Waals surface area contributed by atoms with Crippen LogP contribution in [0.2, 0.25) is 5.02 Å². The highest BCUT2D eigenvalue weighted by atomic mass is 35.5. The van der Waals surface area contributed by atoms with Gasteiger partial charge in [-0.25, -0.2) is 8.42 Å². The van der Waals surface area contributed by atoms with Crippen molar-refractivity contribution in [3.8, 4) is 11.5 Å². The molecule has 0 fully saturated rings. The molecule has 0 aliphatic carbocycles. The van der Waals surface area contributed by atoms with Crippen LogP contribution in [-0.4, -0.2) is 58.5 Å². The number of para-hydroxylation sites is 2. The molecular formula is C29H34ClN3O6S. The number of halogens is 1. The minimum Gasteiger partial charge on any atom is -0.497 e. The Morgan fingerprint density at radius 3 is 2.17 bits per heavy atom. The predicted octanol–water partition coefficient (Wildman–Crippen LogP) is 4.50. The second kappa shape index (κ2) is 14.0. The lowest BCUT2D eigenvalue weighted by atomic mass is 10.1. The lowest BCUT2D eigenvalue weighted by Gasteiger charge is -2.33. The zero-order valence-corrected chi connectivity index (χ0v) is 24.5. The third-order valence-electron chi connectivity index (χ3n) is 6.32. The van der Waals surface area contributed by atoms with E-state index < -0.39 is 28.5 Å². The summed E-state index contributed by atoms with van der Waals surface area (Å²) >= 11 is 6.41. The fourth-order valence-corrected chi connectivity index (χ4v) is 5.87. The number of carbonyl (C=O) groups is 2. The zero-order valence-electron chi connectivity index (χ0n) is 23.0. The fourth-order valence-electron chi connectivity index (χ4n) is 4.25. The molecule has 0 spiro atoms. The first-order chi connectivity index (χ1) is 19.2. The van der Waals surface area contributed by atoms with Crippen molar-refractivity contribution in [1.29, 1.82) is 0 Å². The van der Waals surface area contributed by atoms with E-state index in [-0.39, 0.29) is 28.8 Å². The number of rotatable bonds is 13. The maximum absolute atomic E-state index is 14.1. The highest BCUT2D eigenvalue weighted by Crippen LogP contribution is 2.33. The van der Waals surface area contributed by atoms with E-state index in [1.807, 2.05) is 0 Å². The van der Waals surface area contributed by atoms with E-state index in [0.717, 1.165) is 4.31 Å². The van der Waals surface area contributed by atoms with E-state index in [1.165, 1.54) is 43.4 Å². The van der Waals surface area contributed by atoms with E-state index >= 15 is 0 Å². The summed E-state index contributed by atoms with van der Waals surface area (Å²) in [5, 5.41) is 3.20. The minimum atomic E-state index is -4.26. The third kappa shape index (κ3) is 7.05. The summed E-state index contributed by atoms with van der Waals surface area (Å²) in [4.78, 5) is 28.4. The van der Waals surface area contributed by atoms with Crippen LogP contribution in [-0.2, 0) is 26.2 Å². The molecule has 0 saturated heterocycles. The van der Waals surface area contributed by atoms with Crippen molar-refractivity contribution in [3.63, 3.8) is 0 Å².